The Balaban J connectivity index is 1.74. The largest absolute Gasteiger partial charge is 0.347 e. The lowest BCUT2D eigenvalue weighted by molar-refractivity contribution is 0.632. The van der Waals surface area contributed by atoms with Crippen molar-refractivity contribution in [3.63, 3.8) is 0 Å². The second kappa shape index (κ2) is 8.03. The van der Waals surface area contributed by atoms with Gasteiger partial charge < -0.3 is 9.88 Å². The fraction of sp³-hybridized carbons (Fsp3) is 0.214. The average Bonchev–Trinajstić information content (AvgIpc) is 3.39. The number of H-pyrrole nitrogens is 1. The van der Waals surface area contributed by atoms with Gasteiger partial charge in [0.15, 0.2) is 0 Å². The van der Waals surface area contributed by atoms with E-state index in [-0.39, 0.29) is 17.3 Å². The van der Waals surface area contributed by atoms with E-state index in [1.165, 1.54) is 27.9 Å². The zero-order valence-electron chi connectivity index (χ0n) is 18.6. The Morgan fingerprint density at radius 1 is 0.938 bits per heavy atom. The number of imidazole rings is 1. The smallest absolute Gasteiger partial charge is 0.0922 e. The number of fused-ring (bicyclic) bond motifs is 1. The first-order valence-corrected chi connectivity index (χ1v) is 11.4. The van der Waals surface area contributed by atoms with Gasteiger partial charge in [-0.15, -0.1) is 0 Å². The van der Waals surface area contributed by atoms with E-state index >= 15 is 0 Å². The van der Waals surface area contributed by atoms with Crippen LogP contribution in [0.4, 0.5) is 5.69 Å². The van der Waals surface area contributed by atoms with Crippen LogP contribution in [0.15, 0.2) is 91.4 Å². The number of hydrogen-bond donors (Lipinski definition) is 1. The first-order valence-electron chi connectivity index (χ1n) is 11.0. The van der Waals surface area contributed by atoms with Crippen molar-refractivity contribution >= 4 is 22.9 Å². The number of benzene rings is 3. The molecule has 0 saturated heterocycles. The summed E-state index contributed by atoms with van der Waals surface area (Å²) in [6.45, 7) is 4.52. The van der Waals surface area contributed by atoms with Crippen LogP contribution in [0.3, 0.4) is 0 Å². The Morgan fingerprint density at radius 3 is 2.28 bits per heavy atom. The summed E-state index contributed by atoms with van der Waals surface area (Å²) in [7, 11) is 2.09. The monoisotopic (exact) mass is 437 g/mol. The Morgan fingerprint density at radius 2 is 1.62 bits per heavy atom. The fourth-order valence-corrected chi connectivity index (χ4v) is 5.40. The highest BCUT2D eigenvalue weighted by Crippen LogP contribution is 2.46. The minimum atomic E-state index is -0.353. The molecule has 32 heavy (non-hydrogen) atoms. The van der Waals surface area contributed by atoms with Gasteiger partial charge in [-0.1, -0.05) is 91.9 Å². The molecule has 0 radical (unpaired) electrons. The Kier molecular flexibility index (Phi) is 5.18. The minimum absolute atomic E-state index is 0.219. The fourth-order valence-electron chi connectivity index (χ4n) is 5.16. The van der Waals surface area contributed by atoms with Crippen LogP contribution < -0.4 is 4.90 Å². The predicted molar refractivity (Wildman–Crippen MR) is 135 cm³/mol. The summed E-state index contributed by atoms with van der Waals surface area (Å²) in [5, 5.41) is 0. The second-order valence-electron chi connectivity index (χ2n) is 8.80. The maximum absolute atomic E-state index is 5.86. The van der Waals surface area contributed by atoms with E-state index in [9.17, 15) is 0 Å². The van der Waals surface area contributed by atoms with Gasteiger partial charge in [-0.2, -0.15) is 0 Å². The van der Waals surface area contributed by atoms with Crippen LogP contribution in [-0.2, 0) is 5.41 Å². The molecule has 1 N–H and O–H groups in total. The zero-order chi connectivity index (χ0) is 22.3. The molecule has 5 rings (SSSR count). The highest BCUT2D eigenvalue weighted by molar-refractivity contribution is 7.80. The SMILES string of the molecule is CC1C(=S)N(C)c2ccc(C(C)(c3ccccc3)c3cnc[nH]3)cc2C1c1ccccc1. The molecule has 160 valence electrons. The molecule has 0 spiro atoms. The third kappa shape index (κ3) is 3.18. The van der Waals surface area contributed by atoms with Gasteiger partial charge in [-0.3, -0.25) is 0 Å². The third-order valence-electron chi connectivity index (χ3n) is 7.07. The molecule has 3 aromatic carbocycles. The highest BCUT2D eigenvalue weighted by Gasteiger charge is 2.38. The zero-order valence-corrected chi connectivity index (χ0v) is 19.4. The first-order chi connectivity index (χ1) is 15.5. The van der Waals surface area contributed by atoms with Crippen molar-refractivity contribution < 1.29 is 0 Å². The van der Waals surface area contributed by atoms with Crippen LogP contribution in [0.5, 0.6) is 0 Å². The number of aromatic amines is 1. The van der Waals surface area contributed by atoms with E-state index in [1.807, 2.05) is 6.20 Å². The molecular formula is C28H27N3S. The van der Waals surface area contributed by atoms with Crippen LogP contribution in [0.25, 0.3) is 0 Å². The third-order valence-corrected chi connectivity index (χ3v) is 7.71. The number of anilines is 1. The summed E-state index contributed by atoms with van der Waals surface area (Å²) in [5.74, 6) is 0.451. The lowest BCUT2D eigenvalue weighted by Crippen LogP contribution is -2.39. The molecule has 1 aliphatic rings. The van der Waals surface area contributed by atoms with Gasteiger partial charge in [0.25, 0.3) is 0 Å². The molecule has 0 bridgehead atoms. The Labute approximate surface area is 195 Å². The van der Waals surface area contributed by atoms with Gasteiger partial charge in [0, 0.05) is 36.5 Å². The first kappa shape index (κ1) is 20.7. The molecular weight excluding hydrogens is 410 g/mol. The standard InChI is InChI=1S/C28H27N3S/c1-19-26(20-10-6-4-7-11-20)23-16-22(14-15-24(23)31(3)27(19)32)28(2,25-17-29-18-30-25)21-12-8-5-9-13-21/h4-19,26H,1-3H3,(H,29,30). The molecule has 3 nitrogen and oxygen atoms in total. The Hall–Kier alpha value is -3.24. The maximum atomic E-state index is 5.86. The predicted octanol–water partition coefficient (Wildman–Crippen LogP) is 6.31. The van der Waals surface area contributed by atoms with Crippen molar-refractivity contribution in [3.05, 3.63) is 119 Å². The summed E-state index contributed by atoms with van der Waals surface area (Å²) >= 11 is 5.86. The molecule has 4 heteroatoms. The number of hydrogen-bond acceptors (Lipinski definition) is 2. The molecule has 0 aliphatic carbocycles. The topological polar surface area (TPSA) is 31.9 Å². The van der Waals surface area contributed by atoms with E-state index in [0.717, 1.165) is 10.7 Å². The van der Waals surface area contributed by atoms with Crippen LogP contribution >= 0.6 is 12.2 Å². The number of nitrogens with zero attached hydrogens (tertiary/aromatic N) is 2. The van der Waals surface area contributed by atoms with Gasteiger partial charge in [0.05, 0.1) is 16.7 Å². The summed E-state index contributed by atoms with van der Waals surface area (Å²) in [5.41, 5.74) is 7.00. The van der Waals surface area contributed by atoms with Crippen molar-refractivity contribution in [2.24, 2.45) is 5.92 Å². The van der Waals surface area contributed by atoms with Gasteiger partial charge in [-0.05, 0) is 35.2 Å². The minimum Gasteiger partial charge on any atom is -0.347 e. The molecule has 1 aliphatic heterocycles. The van der Waals surface area contributed by atoms with Gasteiger partial charge in [0.1, 0.15) is 0 Å². The van der Waals surface area contributed by atoms with Gasteiger partial charge >= 0.3 is 0 Å². The van der Waals surface area contributed by atoms with Crippen LogP contribution in [0.1, 0.15) is 47.7 Å². The highest BCUT2D eigenvalue weighted by atomic mass is 32.1. The van der Waals surface area contributed by atoms with Crippen LogP contribution in [-0.4, -0.2) is 22.0 Å². The lowest BCUT2D eigenvalue weighted by atomic mass is 9.71. The van der Waals surface area contributed by atoms with E-state index in [1.54, 1.807) is 6.33 Å². The van der Waals surface area contributed by atoms with E-state index in [4.69, 9.17) is 12.2 Å². The van der Waals surface area contributed by atoms with E-state index in [2.05, 4.69) is 115 Å². The maximum Gasteiger partial charge on any atom is 0.0922 e. The quantitative estimate of drug-likeness (QED) is 0.380. The summed E-state index contributed by atoms with van der Waals surface area (Å²) in [6.07, 6.45) is 3.70. The summed E-state index contributed by atoms with van der Waals surface area (Å²) in [4.78, 5) is 10.9. The van der Waals surface area contributed by atoms with E-state index in [0.29, 0.717) is 0 Å². The van der Waals surface area contributed by atoms with Crippen molar-refractivity contribution in [2.75, 3.05) is 11.9 Å². The number of rotatable bonds is 4. The van der Waals surface area contributed by atoms with E-state index < -0.39 is 0 Å². The Bertz CT molecular complexity index is 1230. The molecule has 0 amide bonds. The van der Waals surface area contributed by atoms with Gasteiger partial charge in [-0.25, -0.2) is 4.98 Å². The van der Waals surface area contributed by atoms with Crippen molar-refractivity contribution in [1.82, 2.24) is 9.97 Å². The second-order valence-corrected chi connectivity index (χ2v) is 9.22. The molecule has 2 heterocycles. The summed E-state index contributed by atoms with van der Waals surface area (Å²) < 4.78 is 0. The molecule has 0 saturated carbocycles. The number of nitrogens with one attached hydrogen (secondary N) is 1. The van der Waals surface area contributed by atoms with Crippen molar-refractivity contribution in [3.8, 4) is 0 Å². The average molecular weight is 438 g/mol. The molecule has 1 aromatic heterocycles. The number of aromatic nitrogens is 2. The van der Waals surface area contributed by atoms with Crippen LogP contribution in [0.2, 0.25) is 0 Å². The van der Waals surface area contributed by atoms with Crippen molar-refractivity contribution in [1.29, 1.82) is 0 Å². The van der Waals surface area contributed by atoms with Gasteiger partial charge in [0.2, 0.25) is 0 Å². The molecule has 4 aromatic rings. The number of thiocarbonyl (C=S) groups is 1. The molecule has 3 unspecified atom stereocenters. The summed E-state index contributed by atoms with van der Waals surface area (Å²) in [6, 6.07) is 28.3. The molecule has 3 atom stereocenters. The molecule has 0 fully saturated rings. The van der Waals surface area contributed by atoms with Crippen molar-refractivity contribution in [2.45, 2.75) is 25.2 Å². The lowest BCUT2D eigenvalue weighted by Gasteiger charge is -2.40. The van der Waals surface area contributed by atoms with Crippen LogP contribution in [0, 0.1) is 5.92 Å². The normalized spacial score (nSPS) is 20.0.